The maximum absolute atomic E-state index is 14.2. The molecule has 4 heterocycles. The molecule has 4 saturated heterocycles. The summed E-state index contributed by atoms with van der Waals surface area (Å²) in [4.78, 5) is 76.9. The Hall–Kier alpha value is -3.71. The Morgan fingerprint density at radius 3 is 2.15 bits per heavy atom. The first-order valence-corrected chi connectivity index (χ1v) is 21.0. The molecule has 5 amide bonds. The normalized spacial score (nSPS) is 23.3. The van der Waals surface area contributed by atoms with Crippen molar-refractivity contribution in [2.24, 2.45) is 11.8 Å². The fourth-order valence-corrected chi connectivity index (χ4v) is 9.16. The molecule has 1 aromatic rings. The van der Waals surface area contributed by atoms with E-state index in [9.17, 15) is 24.0 Å². The molecule has 0 spiro atoms. The van der Waals surface area contributed by atoms with E-state index in [1.54, 1.807) is 9.80 Å². The molecule has 2 unspecified atom stereocenters. The molecule has 13 heteroatoms. The average Bonchev–Trinajstić information content (AvgIpc) is 3.20. The maximum Gasteiger partial charge on any atom is 0.410 e. The summed E-state index contributed by atoms with van der Waals surface area (Å²) in [5.74, 6) is 0.808. The standard InChI is InChI=1S/C42H65N7O6/c1-42(2,3)55-41(54)49-16-8-13-36(29-49)34-11-7-12-35(27-34)39(52)43-38(33-9-5-4-6-10-33)40(53)48-25-19-45(20-26-48)28-32-14-17-44(18-15-32)30-37(51)47-23-21-46(31-50)22-24-47/h7,11-12,27,31-33,36,38H,4-6,8-10,13-26,28-30H2,1-3H3,(H,43,52). The van der Waals surface area contributed by atoms with Gasteiger partial charge in [-0.15, -0.1) is 0 Å². The van der Waals surface area contributed by atoms with Crippen molar-refractivity contribution < 1.29 is 28.7 Å². The fraction of sp³-hybridized carbons (Fsp3) is 0.738. The molecule has 1 aliphatic carbocycles. The van der Waals surface area contributed by atoms with Crippen LogP contribution < -0.4 is 5.32 Å². The van der Waals surface area contributed by atoms with Crippen molar-refractivity contribution in [3.63, 3.8) is 0 Å². The number of benzene rings is 1. The lowest BCUT2D eigenvalue weighted by Crippen LogP contribution is -2.57. The van der Waals surface area contributed by atoms with E-state index in [2.05, 4.69) is 15.1 Å². The summed E-state index contributed by atoms with van der Waals surface area (Å²) in [7, 11) is 0. The number of carbonyl (C=O) groups is 5. The van der Waals surface area contributed by atoms with E-state index >= 15 is 0 Å². The van der Waals surface area contributed by atoms with Crippen LogP contribution in [-0.2, 0) is 19.1 Å². The van der Waals surface area contributed by atoms with Crippen LogP contribution in [0.3, 0.4) is 0 Å². The van der Waals surface area contributed by atoms with Crippen LogP contribution in [0.2, 0.25) is 0 Å². The van der Waals surface area contributed by atoms with E-state index in [0.29, 0.717) is 70.4 Å². The summed E-state index contributed by atoms with van der Waals surface area (Å²) in [6.07, 6.45) is 9.71. The Labute approximate surface area is 328 Å². The number of hydrogen-bond donors (Lipinski definition) is 1. The van der Waals surface area contributed by atoms with Gasteiger partial charge < -0.3 is 29.7 Å². The molecular formula is C42H65N7O6. The van der Waals surface area contributed by atoms with Crippen molar-refractivity contribution in [2.75, 3.05) is 91.6 Å². The average molecular weight is 764 g/mol. The highest BCUT2D eigenvalue weighted by molar-refractivity contribution is 5.98. The van der Waals surface area contributed by atoms with Crippen LogP contribution in [0.5, 0.6) is 0 Å². The number of likely N-dealkylation sites (tertiary alicyclic amines) is 2. The predicted molar refractivity (Wildman–Crippen MR) is 210 cm³/mol. The van der Waals surface area contributed by atoms with Crippen LogP contribution >= 0.6 is 0 Å². The third kappa shape index (κ3) is 11.4. The van der Waals surface area contributed by atoms with Gasteiger partial charge in [0, 0.05) is 83.5 Å². The minimum Gasteiger partial charge on any atom is -0.444 e. The molecule has 0 radical (unpaired) electrons. The second kappa shape index (κ2) is 19.0. The molecule has 0 bridgehead atoms. The largest absolute Gasteiger partial charge is 0.444 e. The molecule has 2 atom stereocenters. The third-order valence-electron chi connectivity index (χ3n) is 12.4. The Kier molecular flexibility index (Phi) is 14.1. The number of hydrogen-bond acceptors (Lipinski definition) is 8. The molecule has 5 fully saturated rings. The Balaban J connectivity index is 0.983. The fourth-order valence-electron chi connectivity index (χ4n) is 9.16. The van der Waals surface area contributed by atoms with Gasteiger partial charge in [-0.05, 0) is 102 Å². The first kappa shape index (κ1) is 40.9. The van der Waals surface area contributed by atoms with E-state index in [4.69, 9.17) is 4.74 Å². The zero-order chi connectivity index (χ0) is 39.0. The van der Waals surface area contributed by atoms with Crippen LogP contribution in [0.4, 0.5) is 4.79 Å². The third-order valence-corrected chi connectivity index (χ3v) is 12.4. The van der Waals surface area contributed by atoms with Crippen molar-refractivity contribution in [1.29, 1.82) is 0 Å². The number of carbonyl (C=O) groups excluding carboxylic acids is 5. The van der Waals surface area contributed by atoms with Crippen LogP contribution in [0.25, 0.3) is 0 Å². The Morgan fingerprint density at radius 2 is 1.47 bits per heavy atom. The minimum absolute atomic E-state index is 0.0434. The van der Waals surface area contributed by atoms with E-state index in [1.165, 1.54) is 6.42 Å². The summed E-state index contributed by atoms with van der Waals surface area (Å²) in [6, 6.07) is 7.18. The van der Waals surface area contributed by atoms with Gasteiger partial charge in [-0.3, -0.25) is 29.0 Å². The van der Waals surface area contributed by atoms with Gasteiger partial charge in [0.2, 0.25) is 18.2 Å². The van der Waals surface area contributed by atoms with Crippen molar-refractivity contribution in [2.45, 2.75) is 96.1 Å². The molecule has 1 saturated carbocycles. The molecule has 6 rings (SSSR count). The molecule has 5 aliphatic rings. The van der Waals surface area contributed by atoms with Gasteiger partial charge in [0.1, 0.15) is 11.6 Å². The van der Waals surface area contributed by atoms with Crippen LogP contribution in [0.1, 0.15) is 100 Å². The van der Waals surface area contributed by atoms with Gasteiger partial charge in [0.25, 0.3) is 5.91 Å². The first-order chi connectivity index (χ1) is 26.5. The van der Waals surface area contributed by atoms with Gasteiger partial charge in [-0.2, -0.15) is 0 Å². The number of nitrogens with one attached hydrogen (secondary N) is 1. The zero-order valence-electron chi connectivity index (χ0n) is 33.6. The van der Waals surface area contributed by atoms with Crippen LogP contribution in [0.15, 0.2) is 24.3 Å². The minimum atomic E-state index is -0.553. The van der Waals surface area contributed by atoms with E-state index in [1.807, 2.05) is 54.8 Å². The Morgan fingerprint density at radius 1 is 0.782 bits per heavy atom. The molecular weight excluding hydrogens is 699 g/mol. The van der Waals surface area contributed by atoms with Gasteiger partial charge in [-0.25, -0.2) is 4.79 Å². The highest BCUT2D eigenvalue weighted by atomic mass is 16.6. The summed E-state index contributed by atoms with van der Waals surface area (Å²) < 4.78 is 5.64. The lowest BCUT2D eigenvalue weighted by atomic mass is 9.83. The topological polar surface area (TPSA) is 126 Å². The van der Waals surface area contributed by atoms with E-state index in [0.717, 1.165) is 96.1 Å². The number of piperidine rings is 2. The molecule has 304 valence electrons. The second-order valence-corrected chi connectivity index (χ2v) is 17.6. The molecule has 0 aromatic heterocycles. The summed E-state index contributed by atoms with van der Waals surface area (Å²) in [5, 5.41) is 3.23. The predicted octanol–water partition coefficient (Wildman–Crippen LogP) is 3.64. The number of rotatable bonds is 10. The molecule has 4 aliphatic heterocycles. The van der Waals surface area contributed by atoms with Crippen molar-refractivity contribution >= 4 is 30.2 Å². The van der Waals surface area contributed by atoms with Crippen molar-refractivity contribution in [3.8, 4) is 0 Å². The number of amides is 5. The van der Waals surface area contributed by atoms with Crippen LogP contribution in [0, 0.1) is 11.8 Å². The molecule has 13 nitrogen and oxygen atoms in total. The summed E-state index contributed by atoms with van der Waals surface area (Å²) >= 11 is 0. The lowest BCUT2D eigenvalue weighted by molar-refractivity contribution is -0.137. The van der Waals surface area contributed by atoms with Crippen molar-refractivity contribution in [1.82, 2.24) is 34.7 Å². The van der Waals surface area contributed by atoms with Crippen LogP contribution in [-0.4, -0.2) is 163 Å². The second-order valence-electron chi connectivity index (χ2n) is 17.6. The molecule has 55 heavy (non-hydrogen) atoms. The zero-order valence-corrected chi connectivity index (χ0v) is 33.6. The SMILES string of the molecule is CC(C)(C)OC(=O)N1CCCC(c2cccc(C(=O)NC(C(=O)N3CCN(CC4CCN(CC(=O)N5CCN(C=O)CC5)CC4)CC3)C3CCCCC3)c2)C1. The molecule has 1 N–H and O–H groups in total. The summed E-state index contributed by atoms with van der Waals surface area (Å²) in [6.45, 7) is 15.6. The quantitative estimate of drug-likeness (QED) is 0.359. The monoisotopic (exact) mass is 763 g/mol. The van der Waals surface area contributed by atoms with Gasteiger partial charge in [0.15, 0.2) is 0 Å². The maximum atomic E-state index is 14.2. The van der Waals surface area contributed by atoms with Crippen molar-refractivity contribution in [3.05, 3.63) is 35.4 Å². The van der Waals surface area contributed by atoms with E-state index in [-0.39, 0.29) is 35.7 Å². The number of ether oxygens (including phenoxy) is 1. The van der Waals surface area contributed by atoms with Gasteiger partial charge in [-0.1, -0.05) is 31.4 Å². The van der Waals surface area contributed by atoms with Gasteiger partial charge >= 0.3 is 6.09 Å². The lowest BCUT2D eigenvalue weighted by Gasteiger charge is -2.41. The highest BCUT2D eigenvalue weighted by Gasteiger charge is 2.36. The van der Waals surface area contributed by atoms with E-state index < -0.39 is 11.6 Å². The summed E-state index contributed by atoms with van der Waals surface area (Å²) in [5.41, 5.74) is 1.03. The smallest absolute Gasteiger partial charge is 0.410 e. The molecule has 1 aromatic carbocycles. The number of nitrogens with zero attached hydrogens (tertiary/aromatic N) is 6. The Bertz CT molecular complexity index is 1470. The number of piperazine rings is 2. The first-order valence-electron chi connectivity index (χ1n) is 21.0. The highest BCUT2D eigenvalue weighted by Crippen LogP contribution is 2.30. The van der Waals surface area contributed by atoms with Gasteiger partial charge in [0.05, 0.1) is 6.54 Å².